The highest BCUT2D eigenvalue weighted by Gasteiger charge is 2.27. The number of nitrogens with one attached hydrogen (secondary N) is 2. The number of carbonyl (C=O) groups excluding carboxylic acids is 1. The lowest BCUT2D eigenvalue weighted by Gasteiger charge is -2.15. The van der Waals surface area contributed by atoms with Crippen LogP contribution in [0.3, 0.4) is 0 Å². The van der Waals surface area contributed by atoms with E-state index in [9.17, 15) is 18.0 Å². The molecular formula is C15H27F3N4O2. The van der Waals surface area contributed by atoms with Gasteiger partial charge in [0.2, 0.25) is 5.91 Å². The lowest BCUT2D eigenvalue weighted by atomic mass is 10.4. The second kappa shape index (κ2) is 11.1. The average Bonchev–Trinajstić information content (AvgIpc) is 2.91. The van der Waals surface area contributed by atoms with Gasteiger partial charge in [0.25, 0.3) is 0 Å². The van der Waals surface area contributed by atoms with Gasteiger partial charge in [0.15, 0.2) is 5.96 Å². The zero-order valence-electron chi connectivity index (χ0n) is 14.1. The van der Waals surface area contributed by atoms with Crippen LogP contribution in [0, 0.1) is 0 Å². The third-order valence-electron chi connectivity index (χ3n) is 3.40. The van der Waals surface area contributed by atoms with Crippen molar-refractivity contribution in [3.8, 4) is 0 Å². The molecule has 1 saturated heterocycles. The smallest absolute Gasteiger partial charge is 0.372 e. The number of likely N-dealkylation sites (tertiary alicyclic amines) is 1. The third-order valence-corrected chi connectivity index (χ3v) is 3.40. The molecule has 1 fully saturated rings. The Hall–Kier alpha value is -1.51. The highest BCUT2D eigenvalue weighted by molar-refractivity contribution is 5.79. The van der Waals surface area contributed by atoms with E-state index in [1.165, 1.54) is 0 Å². The van der Waals surface area contributed by atoms with Crippen molar-refractivity contribution in [1.29, 1.82) is 0 Å². The van der Waals surface area contributed by atoms with E-state index in [0.717, 1.165) is 19.4 Å². The van der Waals surface area contributed by atoms with Crippen molar-refractivity contribution in [2.24, 2.45) is 4.99 Å². The summed E-state index contributed by atoms with van der Waals surface area (Å²) in [5.74, 6) is 0.837. The zero-order valence-corrected chi connectivity index (χ0v) is 14.1. The van der Waals surface area contributed by atoms with Crippen molar-refractivity contribution in [2.75, 3.05) is 45.9 Å². The number of hydrogen-bond donors (Lipinski definition) is 2. The predicted molar refractivity (Wildman–Crippen MR) is 85.9 cm³/mol. The third kappa shape index (κ3) is 9.59. The summed E-state index contributed by atoms with van der Waals surface area (Å²) in [6, 6.07) is 0. The van der Waals surface area contributed by atoms with Crippen LogP contribution in [-0.4, -0.2) is 68.9 Å². The number of aliphatic imine (C=N–C) groups is 1. The lowest BCUT2D eigenvalue weighted by Crippen LogP contribution is -2.38. The molecule has 0 aliphatic carbocycles. The lowest BCUT2D eigenvalue weighted by molar-refractivity contribution is -0.173. The van der Waals surface area contributed by atoms with E-state index in [1.54, 1.807) is 0 Å². The summed E-state index contributed by atoms with van der Waals surface area (Å²) < 4.78 is 40.3. The Balaban J connectivity index is 2.14. The summed E-state index contributed by atoms with van der Waals surface area (Å²) in [5, 5.41) is 6.13. The van der Waals surface area contributed by atoms with Crippen LogP contribution >= 0.6 is 0 Å². The molecule has 0 atom stereocenters. The molecule has 0 aromatic carbocycles. The Labute approximate surface area is 140 Å². The molecule has 0 spiro atoms. The number of amides is 1. The Morgan fingerprint density at radius 3 is 2.75 bits per heavy atom. The van der Waals surface area contributed by atoms with Crippen molar-refractivity contribution >= 4 is 11.9 Å². The molecule has 1 heterocycles. The van der Waals surface area contributed by atoms with Crippen LogP contribution in [0.2, 0.25) is 0 Å². The van der Waals surface area contributed by atoms with Gasteiger partial charge in [0, 0.05) is 45.8 Å². The fraction of sp³-hybridized carbons (Fsp3) is 0.867. The molecule has 140 valence electrons. The van der Waals surface area contributed by atoms with Gasteiger partial charge in [-0.2, -0.15) is 13.2 Å². The van der Waals surface area contributed by atoms with E-state index < -0.39 is 12.8 Å². The molecule has 0 bridgehead atoms. The van der Waals surface area contributed by atoms with Crippen LogP contribution in [0.15, 0.2) is 4.99 Å². The summed E-state index contributed by atoms with van der Waals surface area (Å²) >= 11 is 0. The second-order valence-electron chi connectivity index (χ2n) is 5.55. The van der Waals surface area contributed by atoms with E-state index in [1.807, 2.05) is 11.8 Å². The number of alkyl halides is 3. The molecule has 0 saturated carbocycles. The molecule has 1 amide bonds. The van der Waals surface area contributed by atoms with Gasteiger partial charge in [-0.05, 0) is 26.2 Å². The zero-order chi connectivity index (χ0) is 17.8. The molecule has 0 aromatic rings. The van der Waals surface area contributed by atoms with Crippen LogP contribution < -0.4 is 10.6 Å². The van der Waals surface area contributed by atoms with Crippen LogP contribution in [-0.2, 0) is 9.53 Å². The summed E-state index contributed by atoms with van der Waals surface area (Å²) in [5.41, 5.74) is 0. The summed E-state index contributed by atoms with van der Waals surface area (Å²) in [6.45, 7) is 4.08. The van der Waals surface area contributed by atoms with Gasteiger partial charge in [0.1, 0.15) is 6.61 Å². The van der Waals surface area contributed by atoms with Gasteiger partial charge in [-0.15, -0.1) is 0 Å². The topological polar surface area (TPSA) is 66.0 Å². The molecule has 1 aliphatic heterocycles. The molecule has 24 heavy (non-hydrogen) atoms. The van der Waals surface area contributed by atoms with Crippen molar-refractivity contribution < 1.29 is 22.7 Å². The quantitative estimate of drug-likeness (QED) is 0.355. The van der Waals surface area contributed by atoms with Crippen LogP contribution in [0.4, 0.5) is 13.2 Å². The number of ether oxygens (including phenoxy) is 1. The number of rotatable bonds is 10. The molecule has 9 heteroatoms. The largest absolute Gasteiger partial charge is 0.411 e. The first-order valence-corrected chi connectivity index (χ1v) is 8.37. The summed E-state index contributed by atoms with van der Waals surface area (Å²) in [4.78, 5) is 17.7. The molecule has 1 aliphatic rings. The maximum absolute atomic E-state index is 11.9. The number of carbonyl (C=O) groups is 1. The predicted octanol–water partition coefficient (Wildman–Crippen LogP) is 1.52. The van der Waals surface area contributed by atoms with Crippen molar-refractivity contribution in [1.82, 2.24) is 15.5 Å². The fourth-order valence-corrected chi connectivity index (χ4v) is 2.30. The fourth-order valence-electron chi connectivity index (χ4n) is 2.30. The summed E-state index contributed by atoms with van der Waals surface area (Å²) in [6.07, 6.45) is -1.45. The van der Waals surface area contributed by atoms with Crippen molar-refractivity contribution in [3.63, 3.8) is 0 Å². The van der Waals surface area contributed by atoms with Gasteiger partial charge in [-0.1, -0.05) is 0 Å². The van der Waals surface area contributed by atoms with E-state index >= 15 is 0 Å². The van der Waals surface area contributed by atoms with Crippen LogP contribution in [0.25, 0.3) is 0 Å². The average molecular weight is 352 g/mol. The Morgan fingerprint density at radius 1 is 1.33 bits per heavy atom. The molecule has 2 N–H and O–H groups in total. The van der Waals surface area contributed by atoms with Crippen LogP contribution in [0.1, 0.15) is 32.6 Å². The molecular weight excluding hydrogens is 325 g/mol. The maximum Gasteiger partial charge on any atom is 0.411 e. The standard InChI is InChI=1S/C15H27F3N4O2/c1-2-19-14(21-8-5-11-24-12-15(16,17)18)20-7-4-10-22-9-3-6-13(22)23/h2-12H2,1H3,(H2,19,20,21). The van der Waals surface area contributed by atoms with Gasteiger partial charge >= 0.3 is 6.18 Å². The SMILES string of the molecule is CCNC(=NCCCN1CCCC1=O)NCCCOCC(F)(F)F. The Morgan fingerprint density at radius 2 is 2.12 bits per heavy atom. The first-order valence-electron chi connectivity index (χ1n) is 8.37. The Kier molecular flexibility index (Phi) is 9.51. The molecule has 6 nitrogen and oxygen atoms in total. The second-order valence-corrected chi connectivity index (χ2v) is 5.55. The van der Waals surface area contributed by atoms with E-state index in [2.05, 4.69) is 20.4 Å². The van der Waals surface area contributed by atoms with Gasteiger partial charge in [-0.25, -0.2) is 0 Å². The monoisotopic (exact) mass is 352 g/mol. The minimum Gasteiger partial charge on any atom is -0.372 e. The number of guanidine groups is 1. The van der Waals surface area contributed by atoms with Gasteiger partial charge in [0.05, 0.1) is 0 Å². The highest BCUT2D eigenvalue weighted by atomic mass is 19.4. The first-order chi connectivity index (χ1) is 11.4. The van der Waals surface area contributed by atoms with Gasteiger partial charge < -0.3 is 20.3 Å². The minimum atomic E-state index is -4.28. The first kappa shape index (κ1) is 20.5. The number of hydrogen-bond acceptors (Lipinski definition) is 3. The minimum absolute atomic E-state index is 0.0446. The highest BCUT2D eigenvalue weighted by Crippen LogP contribution is 2.14. The molecule has 1 rings (SSSR count). The van der Waals surface area contributed by atoms with Crippen LogP contribution in [0.5, 0.6) is 0 Å². The normalized spacial score (nSPS) is 15.9. The van der Waals surface area contributed by atoms with E-state index in [4.69, 9.17) is 0 Å². The Bertz CT molecular complexity index is 403. The maximum atomic E-state index is 11.9. The van der Waals surface area contributed by atoms with E-state index in [0.29, 0.717) is 45.0 Å². The van der Waals surface area contributed by atoms with E-state index in [-0.39, 0.29) is 12.5 Å². The summed E-state index contributed by atoms with van der Waals surface area (Å²) in [7, 11) is 0. The number of nitrogens with zero attached hydrogens (tertiary/aromatic N) is 2. The number of halogens is 3. The molecule has 0 radical (unpaired) electrons. The van der Waals surface area contributed by atoms with Crippen molar-refractivity contribution in [3.05, 3.63) is 0 Å². The molecule has 0 unspecified atom stereocenters. The van der Waals surface area contributed by atoms with Gasteiger partial charge in [-0.3, -0.25) is 9.79 Å². The van der Waals surface area contributed by atoms with Crippen molar-refractivity contribution in [2.45, 2.75) is 38.8 Å². The molecule has 0 aromatic heterocycles.